The maximum Gasteiger partial charge on any atom is 0.324 e. The van der Waals surface area contributed by atoms with E-state index in [4.69, 9.17) is 9.47 Å². The molecule has 1 unspecified atom stereocenters. The van der Waals surface area contributed by atoms with Crippen molar-refractivity contribution in [3.05, 3.63) is 65.7 Å². The third-order valence-corrected chi connectivity index (χ3v) is 5.63. The Morgan fingerprint density at radius 2 is 1.76 bits per heavy atom. The average molecular weight is 454 g/mol. The summed E-state index contributed by atoms with van der Waals surface area (Å²) in [6.45, 7) is -0.500. The maximum absolute atomic E-state index is 12.9. The minimum absolute atomic E-state index is 0.421. The Hall–Kier alpha value is -3.85. The average Bonchev–Trinajstić information content (AvgIpc) is 2.80. The van der Waals surface area contributed by atoms with Crippen molar-refractivity contribution < 1.29 is 34.1 Å². The standard InChI is InChI=1S/C24H26N2O7/c1-25(17(24(30)31)11-9-15-7-5-4-6-8-15)22-21(26(23(22)29)14-20(27)28)16-10-12-18(32-2)19(13-16)33-3/h4-13,17,21-22H,14H2,1-3H3,(H,27,28)(H,30,31)/b11-9+/t17?,21-,22+/m1/s1. The van der Waals surface area contributed by atoms with Crippen molar-refractivity contribution in [2.24, 2.45) is 0 Å². The van der Waals surface area contributed by atoms with Gasteiger partial charge in [0.2, 0.25) is 5.91 Å². The minimum Gasteiger partial charge on any atom is -0.493 e. The van der Waals surface area contributed by atoms with Crippen LogP contribution in [0, 0.1) is 0 Å². The van der Waals surface area contributed by atoms with Crippen LogP contribution in [-0.2, 0) is 14.4 Å². The molecule has 2 aromatic carbocycles. The second kappa shape index (κ2) is 10.2. The van der Waals surface area contributed by atoms with Gasteiger partial charge in [-0.05, 0) is 30.3 Å². The van der Waals surface area contributed by atoms with Crippen molar-refractivity contribution in [3.63, 3.8) is 0 Å². The van der Waals surface area contributed by atoms with Crippen LogP contribution in [0.25, 0.3) is 6.08 Å². The Balaban J connectivity index is 1.95. The van der Waals surface area contributed by atoms with Crippen LogP contribution >= 0.6 is 0 Å². The van der Waals surface area contributed by atoms with Crippen molar-refractivity contribution in [2.75, 3.05) is 27.8 Å². The summed E-state index contributed by atoms with van der Waals surface area (Å²) in [4.78, 5) is 39.0. The first-order valence-electron chi connectivity index (χ1n) is 10.2. The number of methoxy groups -OCH3 is 2. The number of hydrogen-bond acceptors (Lipinski definition) is 6. The van der Waals surface area contributed by atoms with E-state index in [-0.39, 0.29) is 0 Å². The van der Waals surface area contributed by atoms with E-state index in [2.05, 4.69) is 0 Å². The summed E-state index contributed by atoms with van der Waals surface area (Å²) in [6, 6.07) is 11.6. The first-order chi connectivity index (χ1) is 15.8. The largest absolute Gasteiger partial charge is 0.493 e. The lowest BCUT2D eigenvalue weighted by molar-refractivity contribution is -0.168. The molecule has 3 atom stereocenters. The summed E-state index contributed by atoms with van der Waals surface area (Å²) < 4.78 is 10.6. The molecule has 2 N–H and O–H groups in total. The number of nitrogens with zero attached hydrogens (tertiary/aromatic N) is 2. The molecule has 1 saturated heterocycles. The molecule has 0 aliphatic carbocycles. The lowest BCUT2D eigenvalue weighted by atomic mass is 9.86. The predicted octanol–water partition coefficient (Wildman–Crippen LogP) is 2.14. The van der Waals surface area contributed by atoms with Gasteiger partial charge < -0.3 is 24.6 Å². The Bertz CT molecular complexity index is 1050. The molecule has 0 aromatic heterocycles. The summed E-state index contributed by atoms with van der Waals surface area (Å²) >= 11 is 0. The molecule has 33 heavy (non-hydrogen) atoms. The lowest BCUT2D eigenvalue weighted by Gasteiger charge is -2.51. The highest BCUT2D eigenvalue weighted by Crippen LogP contribution is 2.41. The minimum atomic E-state index is -1.16. The lowest BCUT2D eigenvalue weighted by Crippen LogP contribution is -2.67. The number of carbonyl (C=O) groups is 3. The van der Waals surface area contributed by atoms with Crippen molar-refractivity contribution in [1.82, 2.24) is 9.80 Å². The molecule has 1 heterocycles. The summed E-state index contributed by atoms with van der Waals surface area (Å²) in [6.07, 6.45) is 3.19. The fourth-order valence-corrected chi connectivity index (χ4v) is 3.98. The number of likely N-dealkylation sites (tertiary alicyclic amines) is 1. The van der Waals surface area contributed by atoms with Crippen LogP contribution in [0.4, 0.5) is 0 Å². The van der Waals surface area contributed by atoms with E-state index in [1.54, 1.807) is 31.3 Å². The molecular weight excluding hydrogens is 428 g/mol. The van der Waals surface area contributed by atoms with Gasteiger partial charge in [-0.15, -0.1) is 0 Å². The van der Waals surface area contributed by atoms with Gasteiger partial charge in [-0.25, -0.2) is 0 Å². The highest BCUT2D eigenvalue weighted by atomic mass is 16.5. The number of rotatable bonds is 10. The highest BCUT2D eigenvalue weighted by molar-refractivity contribution is 5.93. The number of likely N-dealkylation sites (N-methyl/N-ethyl adjacent to an activating group) is 1. The molecule has 9 heteroatoms. The van der Waals surface area contributed by atoms with Gasteiger partial charge in [0.15, 0.2) is 11.5 Å². The number of hydrogen-bond donors (Lipinski definition) is 2. The Morgan fingerprint density at radius 1 is 1.09 bits per heavy atom. The number of β-lactam (4-membered cyclic amide) rings is 1. The van der Waals surface area contributed by atoms with Crippen LogP contribution in [0.15, 0.2) is 54.6 Å². The Kier molecular flexibility index (Phi) is 7.34. The van der Waals surface area contributed by atoms with Gasteiger partial charge in [-0.1, -0.05) is 48.6 Å². The molecule has 0 saturated carbocycles. The molecule has 174 valence electrons. The van der Waals surface area contributed by atoms with Crippen LogP contribution in [0.5, 0.6) is 11.5 Å². The van der Waals surface area contributed by atoms with E-state index in [0.29, 0.717) is 17.1 Å². The molecular formula is C24H26N2O7. The monoisotopic (exact) mass is 454 g/mol. The molecule has 3 rings (SSSR count). The van der Waals surface area contributed by atoms with E-state index in [1.807, 2.05) is 30.3 Å². The molecule has 0 radical (unpaired) electrons. The van der Waals surface area contributed by atoms with Gasteiger partial charge in [0.25, 0.3) is 0 Å². The molecule has 1 aliphatic heterocycles. The van der Waals surface area contributed by atoms with E-state index in [9.17, 15) is 24.6 Å². The first-order valence-corrected chi connectivity index (χ1v) is 10.2. The maximum atomic E-state index is 12.9. The topological polar surface area (TPSA) is 117 Å². The van der Waals surface area contributed by atoms with E-state index in [1.165, 1.54) is 30.1 Å². The van der Waals surface area contributed by atoms with Gasteiger partial charge >= 0.3 is 11.9 Å². The normalized spacial score (nSPS) is 18.8. The van der Waals surface area contributed by atoms with Crippen LogP contribution in [0.3, 0.4) is 0 Å². The summed E-state index contributed by atoms with van der Waals surface area (Å²) in [5.41, 5.74) is 1.43. The second-order valence-corrected chi connectivity index (χ2v) is 7.58. The number of amides is 1. The van der Waals surface area contributed by atoms with Crippen LogP contribution in [0.1, 0.15) is 17.2 Å². The van der Waals surface area contributed by atoms with Gasteiger partial charge in [0, 0.05) is 0 Å². The number of benzene rings is 2. The first kappa shape index (κ1) is 23.8. The number of ether oxygens (including phenoxy) is 2. The van der Waals surface area contributed by atoms with Crippen molar-refractivity contribution >= 4 is 23.9 Å². The third-order valence-electron chi connectivity index (χ3n) is 5.63. The summed E-state index contributed by atoms with van der Waals surface area (Å²) in [5, 5.41) is 19.1. The van der Waals surface area contributed by atoms with Crippen molar-refractivity contribution in [2.45, 2.75) is 18.1 Å². The van der Waals surface area contributed by atoms with Gasteiger partial charge in [-0.3, -0.25) is 19.3 Å². The zero-order valence-electron chi connectivity index (χ0n) is 18.5. The zero-order chi connectivity index (χ0) is 24.1. The summed E-state index contributed by atoms with van der Waals surface area (Å²) in [5.74, 6) is -1.84. The number of carbonyl (C=O) groups excluding carboxylic acids is 1. The quantitative estimate of drug-likeness (QED) is 0.525. The Labute approximate surface area is 191 Å². The second-order valence-electron chi connectivity index (χ2n) is 7.58. The van der Waals surface area contributed by atoms with Crippen LogP contribution in [0.2, 0.25) is 0 Å². The molecule has 2 aromatic rings. The number of aliphatic carboxylic acids is 2. The van der Waals surface area contributed by atoms with Gasteiger partial charge in [-0.2, -0.15) is 0 Å². The van der Waals surface area contributed by atoms with Gasteiger partial charge in [0.1, 0.15) is 18.6 Å². The third kappa shape index (κ3) is 4.98. The van der Waals surface area contributed by atoms with E-state index in [0.717, 1.165) is 5.56 Å². The SMILES string of the molecule is COc1ccc([C@@H]2[C@H](N(C)C(/C=C/c3ccccc3)C(=O)O)C(=O)N2CC(=O)O)cc1OC. The predicted molar refractivity (Wildman–Crippen MR) is 120 cm³/mol. The Morgan fingerprint density at radius 3 is 2.33 bits per heavy atom. The van der Waals surface area contributed by atoms with Crippen LogP contribution < -0.4 is 9.47 Å². The van der Waals surface area contributed by atoms with E-state index >= 15 is 0 Å². The van der Waals surface area contributed by atoms with Crippen LogP contribution in [-0.4, -0.2) is 77.8 Å². The molecule has 1 fully saturated rings. The molecule has 9 nitrogen and oxygen atoms in total. The number of carboxylic acids is 2. The van der Waals surface area contributed by atoms with Gasteiger partial charge in [0.05, 0.1) is 20.3 Å². The van der Waals surface area contributed by atoms with Crippen molar-refractivity contribution in [1.29, 1.82) is 0 Å². The number of carboxylic acid groups (broad SMARTS) is 2. The fourth-order valence-electron chi connectivity index (χ4n) is 3.98. The summed E-state index contributed by atoms with van der Waals surface area (Å²) in [7, 11) is 4.51. The molecule has 1 aliphatic rings. The van der Waals surface area contributed by atoms with E-state index < -0.39 is 42.5 Å². The van der Waals surface area contributed by atoms with Crippen molar-refractivity contribution in [3.8, 4) is 11.5 Å². The highest BCUT2D eigenvalue weighted by Gasteiger charge is 2.52. The molecule has 0 bridgehead atoms. The molecule has 0 spiro atoms. The smallest absolute Gasteiger partial charge is 0.324 e. The molecule has 1 amide bonds. The fraction of sp³-hybridized carbons (Fsp3) is 0.292. The zero-order valence-corrected chi connectivity index (χ0v) is 18.5.